The molecule has 0 amide bonds. The number of esters is 1. The Morgan fingerprint density at radius 1 is 1.27 bits per heavy atom. The van der Waals surface area contributed by atoms with Gasteiger partial charge in [-0.3, -0.25) is 0 Å². The molecule has 5 heteroatoms. The zero-order valence-electron chi connectivity index (χ0n) is 13.0. The third kappa shape index (κ3) is 3.97. The van der Waals surface area contributed by atoms with Crippen LogP contribution in [0.5, 0.6) is 5.75 Å². The average Bonchev–Trinajstić information content (AvgIpc) is 2.84. The van der Waals surface area contributed by atoms with E-state index in [9.17, 15) is 4.79 Å². The number of hydrogen-bond donors (Lipinski definition) is 0. The van der Waals surface area contributed by atoms with E-state index in [0.29, 0.717) is 17.9 Å². The summed E-state index contributed by atoms with van der Waals surface area (Å²) in [6, 6.07) is 6.84. The highest BCUT2D eigenvalue weighted by molar-refractivity contribution is 5.89. The number of ether oxygens (including phenoxy) is 2. The normalized spacial score (nSPS) is 10.9. The fraction of sp³-hybridized carbons (Fsp3) is 0.294. The van der Waals surface area contributed by atoms with Crippen LogP contribution in [0.25, 0.3) is 0 Å². The first-order chi connectivity index (χ1) is 10.6. The summed E-state index contributed by atoms with van der Waals surface area (Å²) >= 11 is 0. The Labute approximate surface area is 129 Å². The van der Waals surface area contributed by atoms with Gasteiger partial charge >= 0.3 is 5.97 Å². The quantitative estimate of drug-likeness (QED) is 0.602. The van der Waals surface area contributed by atoms with E-state index in [-0.39, 0.29) is 12.6 Å². The minimum absolute atomic E-state index is 0.277. The predicted octanol–water partition coefficient (Wildman–Crippen LogP) is 3.60. The third-order valence-electron chi connectivity index (χ3n) is 3.20. The lowest BCUT2D eigenvalue weighted by Gasteiger charge is -2.07. The van der Waals surface area contributed by atoms with E-state index in [2.05, 4.69) is 5.16 Å². The molecule has 0 fully saturated rings. The van der Waals surface area contributed by atoms with Gasteiger partial charge in [-0.1, -0.05) is 17.3 Å². The summed E-state index contributed by atoms with van der Waals surface area (Å²) < 4.78 is 15.8. The fourth-order valence-corrected chi connectivity index (χ4v) is 1.85. The summed E-state index contributed by atoms with van der Waals surface area (Å²) in [4.78, 5) is 11.7. The van der Waals surface area contributed by atoms with Gasteiger partial charge in [-0.15, -0.1) is 0 Å². The molecule has 5 nitrogen and oxygen atoms in total. The van der Waals surface area contributed by atoms with Crippen molar-refractivity contribution in [1.29, 1.82) is 0 Å². The Bertz CT molecular complexity index is 636. The van der Waals surface area contributed by atoms with E-state index in [0.717, 1.165) is 17.0 Å². The standard InChI is InChI=1S/C17H19NO4/c1-4-5-10-20-17(19)14-6-8-15(9-7-14)21-11-16-12(2)18-22-13(16)3/h4-9H,10-11H2,1-3H3/b5-4+. The molecule has 0 atom stereocenters. The van der Waals surface area contributed by atoms with Crippen LogP contribution >= 0.6 is 0 Å². The van der Waals surface area contributed by atoms with Crippen molar-refractivity contribution in [1.82, 2.24) is 5.16 Å². The lowest BCUT2D eigenvalue weighted by Crippen LogP contribution is -2.05. The Morgan fingerprint density at radius 3 is 2.59 bits per heavy atom. The number of aryl methyl sites for hydroxylation is 2. The van der Waals surface area contributed by atoms with E-state index in [1.165, 1.54) is 0 Å². The monoisotopic (exact) mass is 301 g/mol. The first-order valence-corrected chi connectivity index (χ1v) is 7.04. The molecule has 0 spiro atoms. The molecule has 0 radical (unpaired) electrons. The Hall–Kier alpha value is -2.56. The maximum Gasteiger partial charge on any atom is 0.338 e. The van der Waals surface area contributed by atoms with Crippen LogP contribution in [0.1, 0.15) is 34.3 Å². The smallest absolute Gasteiger partial charge is 0.338 e. The van der Waals surface area contributed by atoms with Gasteiger partial charge in [-0.2, -0.15) is 0 Å². The number of carbonyl (C=O) groups is 1. The molecular weight excluding hydrogens is 282 g/mol. The van der Waals surface area contributed by atoms with Crippen LogP contribution in [-0.2, 0) is 11.3 Å². The minimum Gasteiger partial charge on any atom is -0.489 e. The maximum absolute atomic E-state index is 11.7. The molecule has 0 unspecified atom stereocenters. The maximum atomic E-state index is 11.7. The third-order valence-corrected chi connectivity index (χ3v) is 3.20. The number of nitrogens with zero attached hydrogens (tertiary/aromatic N) is 1. The molecule has 1 heterocycles. The number of aromatic nitrogens is 1. The number of hydrogen-bond acceptors (Lipinski definition) is 5. The number of rotatable bonds is 6. The number of benzene rings is 1. The van der Waals surface area contributed by atoms with E-state index >= 15 is 0 Å². The molecule has 0 aliphatic rings. The summed E-state index contributed by atoms with van der Waals surface area (Å²) in [6.45, 7) is 6.26. The van der Waals surface area contributed by atoms with Crippen LogP contribution in [-0.4, -0.2) is 17.7 Å². The van der Waals surface area contributed by atoms with Crippen LogP contribution in [0.4, 0.5) is 0 Å². The van der Waals surface area contributed by atoms with Crippen LogP contribution in [0.2, 0.25) is 0 Å². The second kappa shape index (κ2) is 7.45. The van der Waals surface area contributed by atoms with Crippen LogP contribution in [0, 0.1) is 13.8 Å². The first kappa shape index (κ1) is 15.8. The van der Waals surface area contributed by atoms with Gasteiger partial charge in [-0.05, 0) is 45.0 Å². The average molecular weight is 301 g/mol. The van der Waals surface area contributed by atoms with E-state index < -0.39 is 0 Å². The SMILES string of the molecule is C/C=C/COC(=O)c1ccc(OCc2c(C)noc2C)cc1. The molecule has 0 aliphatic carbocycles. The van der Waals surface area contributed by atoms with Gasteiger partial charge in [0.25, 0.3) is 0 Å². The van der Waals surface area contributed by atoms with Crippen molar-refractivity contribution in [2.75, 3.05) is 6.61 Å². The molecule has 0 saturated carbocycles. The number of carbonyl (C=O) groups excluding carboxylic acids is 1. The van der Waals surface area contributed by atoms with Crippen LogP contribution < -0.4 is 4.74 Å². The van der Waals surface area contributed by atoms with Gasteiger partial charge in [0.05, 0.1) is 16.8 Å². The summed E-state index contributed by atoms with van der Waals surface area (Å²) in [5, 5.41) is 3.88. The molecule has 2 aromatic rings. The fourth-order valence-electron chi connectivity index (χ4n) is 1.85. The van der Waals surface area contributed by atoms with Gasteiger partial charge in [0.2, 0.25) is 0 Å². The highest BCUT2D eigenvalue weighted by Crippen LogP contribution is 2.18. The zero-order chi connectivity index (χ0) is 15.9. The van der Waals surface area contributed by atoms with Gasteiger partial charge < -0.3 is 14.0 Å². The van der Waals surface area contributed by atoms with Crippen molar-refractivity contribution in [3.8, 4) is 5.75 Å². The summed E-state index contributed by atoms with van der Waals surface area (Å²) in [5.74, 6) is 1.07. The van der Waals surface area contributed by atoms with E-state index in [4.69, 9.17) is 14.0 Å². The Balaban J connectivity index is 1.93. The molecule has 0 aliphatic heterocycles. The number of allylic oxidation sites excluding steroid dienone is 1. The molecule has 1 aromatic carbocycles. The lowest BCUT2D eigenvalue weighted by molar-refractivity contribution is 0.0549. The van der Waals surface area contributed by atoms with Crippen molar-refractivity contribution in [2.24, 2.45) is 0 Å². The van der Waals surface area contributed by atoms with Gasteiger partial charge in [-0.25, -0.2) is 4.79 Å². The molecular formula is C17H19NO4. The predicted molar refractivity (Wildman–Crippen MR) is 81.8 cm³/mol. The highest BCUT2D eigenvalue weighted by atomic mass is 16.5. The Kier molecular flexibility index (Phi) is 5.36. The molecule has 22 heavy (non-hydrogen) atoms. The second-order valence-corrected chi connectivity index (χ2v) is 4.78. The van der Waals surface area contributed by atoms with Crippen LogP contribution in [0.3, 0.4) is 0 Å². The zero-order valence-corrected chi connectivity index (χ0v) is 13.0. The van der Waals surface area contributed by atoms with Crippen molar-refractivity contribution < 1.29 is 18.8 Å². The molecule has 116 valence electrons. The van der Waals surface area contributed by atoms with Crippen molar-refractivity contribution in [2.45, 2.75) is 27.4 Å². The molecule has 2 rings (SSSR count). The molecule has 1 aromatic heterocycles. The van der Waals surface area contributed by atoms with Crippen LogP contribution in [0.15, 0.2) is 40.9 Å². The summed E-state index contributed by atoms with van der Waals surface area (Å²) in [7, 11) is 0. The minimum atomic E-state index is -0.352. The molecule has 0 saturated heterocycles. The van der Waals surface area contributed by atoms with E-state index in [1.54, 1.807) is 30.3 Å². The first-order valence-electron chi connectivity index (χ1n) is 7.04. The van der Waals surface area contributed by atoms with Crippen molar-refractivity contribution in [3.05, 3.63) is 59.0 Å². The summed E-state index contributed by atoms with van der Waals surface area (Å²) in [6.07, 6.45) is 3.61. The largest absolute Gasteiger partial charge is 0.489 e. The van der Waals surface area contributed by atoms with Crippen molar-refractivity contribution >= 4 is 5.97 Å². The van der Waals surface area contributed by atoms with Gasteiger partial charge in [0, 0.05) is 0 Å². The topological polar surface area (TPSA) is 61.6 Å². The molecule has 0 N–H and O–H groups in total. The van der Waals surface area contributed by atoms with Gasteiger partial charge in [0.15, 0.2) is 0 Å². The van der Waals surface area contributed by atoms with Crippen molar-refractivity contribution in [3.63, 3.8) is 0 Å². The summed E-state index contributed by atoms with van der Waals surface area (Å²) in [5.41, 5.74) is 2.26. The van der Waals surface area contributed by atoms with E-state index in [1.807, 2.05) is 26.8 Å². The van der Waals surface area contributed by atoms with Gasteiger partial charge in [0.1, 0.15) is 24.7 Å². The lowest BCUT2D eigenvalue weighted by atomic mass is 10.2. The second-order valence-electron chi connectivity index (χ2n) is 4.78. The highest BCUT2D eigenvalue weighted by Gasteiger charge is 2.10. The molecule has 0 bridgehead atoms. The Morgan fingerprint density at radius 2 is 2.00 bits per heavy atom.